The van der Waals surface area contributed by atoms with Crippen molar-refractivity contribution >= 4 is 5.96 Å². The number of rotatable bonds is 6. The molecule has 0 saturated heterocycles. The summed E-state index contributed by atoms with van der Waals surface area (Å²) in [5.41, 5.74) is 0.947. The topological polar surface area (TPSA) is 78.8 Å². The van der Waals surface area contributed by atoms with Gasteiger partial charge < -0.3 is 20.5 Å². The molecule has 1 heterocycles. The van der Waals surface area contributed by atoms with Crippen LogP contribution in [0.25, 0.3) is 0 Å². The summed E-state index contributed by atoms with van der Waals surface area (Å²) >= 11 is 0. The van der Waals surface area contributed by atoms with Crippen LogP contribution in [0.4, 0.5) is 4.39 Å². The number of nitrogens with one attached hydrogen (secondary N) is 2. The van der Waals surface area contributed by atoms with E-state index in [-0.39, 0.29) is 11.9 Å². The molecule has 7 heteroatoms. The first-order valence-electron chi connectivity index (χ1n) is 9.73. The minimum absolute atomic E-state index is 0.170. The minimum Gasteiger partial charge on any atom is -0.439 e. The molecule has 1 aromatic heterocycles. The zero-order valence-corrected chi connectivity index (χ0v) is 16.1. The Kier molecular flexibility index (Phi) is 7.19. The van der Waals surface area contributed by atoms with Crippen molar-refractivity contribution in [1.29, 1.82) is 0 Å². The van der Waals surface area contributed by atoms with Gasteiger partial charge in [-0.25, -0.2) is 14.4 Å². The van der Waals surface area contributed by atoms with Gasteiger partial charge in [-0.2, -0.15) is 0 Å². The average Bonchev–Trinajstić information content (AvgIpc) is 2.69. The number of benzene rings is 1. The first-order valence-corrected chi connectivity index (χ1v) is 9.73. The van der Waals surface area contributed by atoms with Crippen LogP contribution in [0.5, 0.6) is 11.6 Å². The van der Waals surface area contributed by atoms with Gasteiger partial charge in [0.15, 0.2) is 5.96 Å². The zero-order chi connectivity index (χ0) is 19.8. The lowest BCUT2D eigenvalue weighted by Crippen LogP contribution is -2.45. The molecular weight excluding hydrogens is 359 g/mol. The van der Waals surface area contributed by atoms with Crippen LogP contribution in [-0.4, -0.2) is 34.7 Å². The molecule has 6 nitrogen and oxygen atoms in total. The Balaban J connectivity index is 1.56. The van der Waals surface area contributed by atoms with Gasteiger partial charge in [-0.05, 0) is 50.3 Å². The molecule has 0 amide bonds. The van der Waals surface area contributed by atoms with E-state index in [9.17, 15) is 9.50 Å². The maximum Gasteiger partial charge on any atom is 0.219 e. The minimum atomic E-state index is -0.348. The highest BCUT2D eigenvalue weighted by molar-refractivity contribution is 5.80. The maximum atomic E-state index is 13.2. The molecule has 1 aliphatic carbocycles. The summed E-state index contributed by atoms with van der Waals surface area (Å²) in [6.45, 7) is 3.29. The van der Waals surface area contributed by atoms with Crippen molar-refractivity contribution in [2.45, 2.75) is 51.3 Å². The molecule has 0 atom stereocenters. The molecule has 1 fully saturated rings. The standard InChI is InChI=1S/C21H27FN4O2/c1-2-23-21(26-17-7-9-18(27)10-8-17)25-14-15-6-11-20(24-13-15)28-19-5-3-4-16(22)12-19/h3-6,11-13,17-18,27H,2,7-10,14H2,1H3,(H2,23,25,26). The van der Waals surface area contributed by atoms with E-state index in [1.165, 1.54) is 12.1 Å². The highest BCUT2D eigenvalue weighted by Crippen LogP contribution is 2.20. The Morgan fingerprint density at radius 1 is 1.25 bits per heavy atom. The fourth-order valence-corrected chi connectivity index (χ4v) is 3.12. The highest BCUT2D eigenvalue weighted by Gasteiger charge is 2.19. The van der Waals surface area contributed by atoms with Crippen LogP contribution >= 0.6 is 0 Å². The molecule has 0 aliphatic heterocycles. The number of aliphatic hydroxyl groups is 1. The summed E-state index contributed by atoms with van der Waals surface area (Å²) in [4.78, 5) is 8.89. The van der Waals surface area contributed by atoms with Crippen LogP contribution < -0.4 is 15.4 Å². The van der Waals surface area contributed by atoms with Gasteiger partial charge in [0.05, 0.1) is 12.6 Å². The van der Waals surface area contributed by atoms with Crippen molar-refractivity contribution in [3.63, 3.8) is 0 Å². The number of aromatic nitrogens is 1. The first-order chi connectivity index (χ1) is 13.6. The van der Waals surface area contributed by atoms with E-state index in [0.29, 0.717) is 24.2 Å². The average molecular weight is 386 g/mol. The molecule has 3 N–H and O–H groups in total. The van der Waals surface area contributed by atoms with Gasteiger partial charge in [-0.1, -0.05) is 12.1 Å². The smallest absolute Gasteiger partial charge is 0.219 e. The van der Waals surface area contributed by atoms with Crippen molar-refractivity contribution in [3.05, 3.63) is 54.0 Å². The van der Waals surface area contributed by atoms with Crippen molar-refractivity contribution in [2.75, 3.05) is 6.54 Å². The van der Waals surface area contributed by atoms with Gasteiger partial charge in [0.2, 0.25) is 5.88 Å². The number of guanidine groups is 1. The van der Waals surface area contributed by atoms with Crippen molar-refractivity contribution in [1.82, 2.24) is 15.6 Å². The monoisotopic (exact) mass is 386 g/mol. The molecule has 28 heavy (non-hydrogen) atoms. The Hall–Kier alpha value is -2.67. The number of halogens is 1. The molecule has 1 aliphatic rings. The summed E-state index contributed by atoms with van der Waals surface area (Å²) in [5.74, 6) is 1.24. The van der Waals surface area contributed by atoms with Crippen molar-refractivity contribution in [3.8, 4) is 11.6 Å². The largest absolute Gasteiger partial charge is 0.439 e. The lowest BCUT2D eigenvalue weighted by molar-refractivity contribution is 0.120. The van der Waals surface area contributed by atoms with Crippen molar-refractivity contribution in [2.24, 2.45) is 4.99 Å². The Labute approximate surface area is 164 Å². The van der Waals surface area contributed by atoms with E-state index in [0.717, 1.165) is 43.8 Å². The normalized spacial score (nSPS) is 19.9. The van der Waals surface area contributed by atoms with Crippen LogP contribution in [0.1, 0.15) is 38.2 Å². The van der Waals surface area contributed by atoms with Crippen LogP contribution in [-0.2, 0) is 6.54 Å². The predicted molar refractivity (Wildman–Crippen MR) is 107 cm³/mol. The Morgan fingerprint density at radius 3 is 2.75 bits per heavy atom. The second kappa shape index (κ2) is 10.0. The fourth-order valence-electron chi connectivity index (χ4n) is 3.12. The van der Waals surface area contributed by atoms with Gasteiger partial charge in [-0.3, -0.25) is 0 Å². The number of hydrogen-bond acceptors (Lipinski definition) is 4. The molecule has 150 valence electrons. The van der Waals surface area contributed by atoms with Crippen molar-refractivity contribution < 1.29 is 14.2 Å². The second-order valence-electron chi connectivity index (χ2n) is 6.91. The number of pyridine rings is 1. The number of aliphatic hydroxyl groups excluding tert-OH is 1. The molecule has 0 radical (unpaired) electrons. The Bertz CT molecular complexity index is 774. The van der Waals surface area contributed by atoms with Crippen LogP contribution in [0.15, 0.2) is 47.6 Å². The molecule has 0 bridgehead atoms. The summed E-state index contributed by atoms with van der Waals surface area (Å²) in [6, 6.07) is 9.94. The molecule has 1 saturated carbocycles. The quantitative estimate of drug-likeness (QED) is 0.524. The third kappa shape index (κ3) is 6.20. The number of ether oxygens (including phenoxy) is 1. The summed E-state index contributed by atoms with van der Waals surface area (Å²) < 4.78 is 18.8. The summed E-state index contributed by atoms with van der Waals surface area (Å²) in [6.07, 6.45) is 5.08. The maximum absolute atomic E-state index is 13.2. The third-order valence-corrected chi connectivity index (χ3v) is 4.62. The van der Waals surface area contributed by atoms with Gasteiger partial charge >= 0.3 is 0 Å². The van der Waals surface area contributed by atoms with Crippen LogP contribution in [0, 0.1) is 5.82 Å². The lowest BCUT2D eigenvalue weighted by Gasteiger charge is -2.27. The van der Waals surface area contributed by atoms with E-state index in [2.05, 4.69) is 20.6 Å². The van der Waals surface area contributed by atoms with E-state index in [1.807, 2.05) is 13.0 Å². The second-order valence-corrected chi connectivity index (χ2v) is 6.91. The van der Waals surface area contributed by atoms with E-state index >= 15 is 0 Å². The number of nitrogens with zero attached hydrogens (tertiary/aromatic N) is 2. The molecular formula is C21H27FN4O2. The van der Waals surface area contributed by atoms with Gasteiger partial charge in [0.25, 0.3) is 0 Å². The summed E-state index contributed by atoms with van der Waals surface area (Å²) in [5, 5.41) is 16.3. The van der Waals surface area contributed by atoms with E-state index in [1.54, 1.807) is 24.4 Å². The molecule has 3 rings (SSSR count). The third-order valence-electron chi connectivity index (χ3n) is 4.62. The molecule has 1 aromatic carbocycles. The van der Waals surface area contributed by atoms with Gasteiger partial charge in [0.1, 0.15) is 11.6 Å². The Morgan fingerprint density at radius 2 is 2.07 bits per heavy atom. The molecule has 0 unspecified atom stereocenters. The molecule has 0 spiro atoms. The van der Waals surface area contributed by atoms with Gasteiger partial charge in [-0.15, -0.1) is 0 Å². The van der Waals surface area contributed by atoms with Crippen LogP contribution in [0.2, 0.25) is 0 Å². The predicted octanol–water partition coefficient (Wildman–Crippen LogP) is 3.37. The number of hydrogen-bond donors (Lipinski definition) is 3. The van der Waals surface area contributed by atoms with Crippen LogP contribution in [0.3, 0.4) is 0 Å². The number of aliphatic imine (C=N–C) groups is 1. The zero-order valence-electron chi connectivity index (χ0n) is 16.1. The molecule has 2 aromatic rings. The van der Waals surface area contributed by atoms with Gasteiger partial charge in [0, 0.05) is 30.9 Å². The summed E-state index contributed by atoms with van der Waals surface area (Å²) in [7, 11) is 0. The first kappa shape index (κ1) is 20.1. The SMILES string of the molecule is CCNC(=NCc1ccc(Oc2cccc(F)c2)nc1)NC1CCC(O)CC1. The van der Waals surface area contributed by atoms with E-state index in [4.69, 9.17) is 4.74 Å². The lowest BCUT2D eigenvalue weighted by atomic mass is 9.93. The fraction of sp³-hybridized carbons (Fsp3) is 0.429. The van der Waals surface area contributed by atoms with E-state index < -0.39 is 0 Å². The highest BCUT2D eigenvalue weighted by atomic mass is 19.1.